The number of carboxylic acid groups (broad SMARTS) is 1. The Morgan fingerprint density at radius 1 is 0.947 bits per heavy atom. The molecule has 2 aromatic heterocycles. The lowest BCUT2D eigenvalue weighted by Crippen LogP contribution is -2.43. The molecule has 192 valence electrons. The fourth-order valence-electron chi connectivity index (χ4n) is 4.72. The molecule has 0 saturated carbocycles. The highest BCUT2D eigenvalue weighted by molar-refractivity contribution is 6.05. The van der Waals surface area contributed by atoms with Gasteiger partial charge in [-0.05, 0) is 48.7 Å². The third kappa shape index (κ3) is 4.64. The number of nitrogens with one attached hydrogen (secondary N) is 1. The van der Waals surface area contributed by atoms with Gasteiger partial charge in [0, 0.05) is 28.3 Å². The summed E-state index contributed by atoms with van der Waals surface area (Å²) in [5.41, 5.74) is 4.27. The number of aromatic hydroxyl groups is 1. The first-order valence-corrected chi connectivity index (χ1v) is 12.1. The largest absolute Gasteiger partial charge is 0.508 e. The summed E-state index contributed by atoms with van der Waals surface area (Å²) in [5.74, 6) is -1.76. The summed E-state index contributed by atoms with van der Waals surface area (Å²) in [6, 6.07) is 16.5. The highest BCUT2D eigenvalue weighted by atomic mass is 16.4. The average molecular weight is 512 g/mol. The van der Waals surface area contributed by atoms with Crippen LogP contribution in [0.3, 0.4) is 0 Å². The Kier molecular flexibility index (Phi) is 6.46. The SMILES string of the molecule is Cc1c(CC(=O)NC(Cc2ccc(O)cc2)C(=O)O)c(=O)oc2c(C)c3occ(-c4ccccc4)c3cc12. The van der Waals surface area contributed by atoms with Crippen molar-refractivity contribution in [1.29, 1.82) is 0 Å². The standard InChI is InChI=1S/C30H25NO7/c1-16-21-13-23-24(19-6-4-3-5-7-19)15-37-27(23)17(2)28(21)38-30(36)22(16)14-26(33)31-25(29(34)35)12-18-8-10-20(32)11-9-18/h3-11,13,15,25,32H,12,14H2,1-2H3,(H,31,33)(H,34,35). The molecule has 1 unspecified atom stereocenters. The van der Waals surface area contributed by atoms with Crippen molar-refractivity contribution in [3.63, 3.8) is 0 Å². The number of hydrogen-bond acceptors (Lipinski definition) is 6. The van der Waals surface area contributed by atoms with Gasteiger partial charge in [-0.3, -0.25) is 4.79 Å². The van der Waals surface area contributed by atoms with Crippen molar-refractivity contribution in [2.24, 2.45) is 0 Å². The van der Waals surface area contributed by atoms with Crippen molar-refractivity contribution in [3.8, 4) is 16.9 Å². The molecule has 0 bridgehead atoms. The van der Waals surface area contributed by atoms with E-state index in [2.05, 4.69) is 5.32 Å². The van der Waals surface area contributed by atoms with E-state index in [-0.39, 0.29) is 24.2 Å². The lowest BCUT2D eigenvalue weighted by molar-refractivity contribution is -0.141. The predicted molar refractivity (Wildman–Crippen MR) is 142 cm³/mol. The Labute approximate surface area is 217 Å². The smallest absolute Gasteiger partial charge is 0.340 e. The third-order valence-electron chi connectivity index (χ3n) is 6.77. The summed E-state index contributed by atoms with van der Waals surface area (Å²) < 4.78 is 11.5. The van der Waals surface area contributed by atoms with Crippen molar-refractivity contribution < 1.29 is 28.6 Å². The van der Waals surface area contributed by atoms with E-state index in [0.717, 1.165) is 16.5 Å². The van der Waals surface area contributed by atoms with Crippen LogP contribution in [0.1, 0.15) is 22.3 Å². The van der Waals surface area contributed by atoms with Gasteiger partial charge in [-0.25, -0.2) is 9.59 Å². The van der Waals surface area contributed by atoms with Crippen molar-refractivity contribution in [3.05, 3.63) is 99.6 Å². The summed E-state index contributed by atoms with van der Waals surface area (Å²) in [4.78, 5) is 37.6. The topological polar surface area (TPSA) is 130 Å². The maximum absolute atomic E-state index is 12.9. The van der Waals surface area contributed by atoms with Gasteiger partial charge in [-0.2, -0.15) is 0 Å². The Morgan fingerprint density at radius 3 is 2.34 bits per heavy atom. The Bertz CT molecular complexity index is 1730. The predicted octanol–water partition coefficient (Wildman–Crippen LogP) is 4.88. The maximum Gasteiger partial charge on any atom is 0.340 e. The van der Waals surface area contributed by atoms with Gasteiger partial charge in [0.1, 0.15) is 23.0 Å². The summed E-state index contributed by atoms with van der Waals surface area (Å²) >= 11 is 0. The van der Waals surface area contributed by atoms with E-state index in [4.69, 9.17) is 8.83 Å². The minimum Gasteiger partial charge on any atom is -0.508 e. The molecule has 3 aromatic carbocycles. The number of benzene rings is 3. The number of amides is 1. The van der Waals surface area contributed by atoms with Crippen molar-refractivity contribution in [2.75, 3.05) is 0 Å². The monoisotopic (exact) mass is 511 g/mol. The number of carbonyl (C=O) groups excluding carboxylic acids is 1. The van der Waals surface area contributed by atoms with Crippen molar-refractivity contribution in [1.82, 2.24) is 5.32 Å². The molecule has 3 N–H and O–H groups in total. The summed E-state index contributed by atoms with van der Waals surface area (Å²) in [6.45, 7) is 3.57. The molecule has 0 fully saturated rings. The van der Waals surface area contributed by atoms with Crippen LogP contribution >= 0.6 is 0 Å². The first kappa shape index (κ1) is 24.8. The second-order valence-electron chi connectivity index (χ2n) is 9.27. The number of furan rings is 1. The maximum atomic E-state index is 12.9. The molecule has 0 aliphatic rings. The van der Waals surface area contributed by atoms with E-state index in [1.54, 1.807) is 25.3 Å². The molecule has 1 atom stereocenters. The van der Waals surface area contributed by atoms with E-state index in [1.807, 2.05) is 43.3 Å². The van der Waals surface area contributed by atoms with Gasteiger partial charge in [-0.15, -0.1) is 0 Å². The van der Waals surface area contributed by atoms with Gasteiger partial charge in [0.15, 0.2) is 0 Å². The van der Waals surface area contributed by atoms with Crippen LogP contribution < -0.4 is 10.9 Å². The number of carboxylic acids is 1. The van der Waals surface area contributed by atoms with Crippen LogP contribution in [0.25, 0.3) is 33.1 Å². The first-order chi connectivity index (χ1) is 18.2. The number of rotatable bonds is 7. The molecule has 5 aromatic rings. The third-order valence-corrected chi connectivity index (χ3v) is 6.77. The number of phenols is 1. The summed E-state index contributed by atoms with van der Waals surface area (Å²) in [5, 5.41) is 23.1. The number of aryl methyl sites for hydroxylation is 2. The van der Waals surface area contributed by atoms with Crippen LogP contribution in [0, 0.1) is 13.8 Å². The van der Waals surface area contributed by atoms with Crippen LogP contribution in [0.15, 0.2) is 80.6 Å². The van der Waals surface area contributed by atoms with Crippen LogP contribution in [0.5, 0.6) is 5.75 Å². The highest BCUT2D eigenvalue weighted by Crippen LogP contribution is 2.37. The van der Waals surface area contributed by atoms with Crippen LogP contribution in [-0.2, 0) is 22.4 Å². The van der Waals surface area contributed by atoms with Crippen LogP contribution in [0.4, 0.5) is 0 Å². The second kappa shape index (κ2) is 9.89. The fraction of sp³-hybridized carbons (Fsp3) is 0.167. The molecular weight excluding hydrogens is 486 g/mol. The van der Waals surface area contributed by atoms with Gasteiger partial charge in [-0.1, -0.05) is 42.5 Å². The Morgan fingerprint density at radius 2 is 1.66 bits per heavy atom. The lowest BCUT2D eigenvalue weighted by atomic mass is 9.97. The number of fused-ring (bicyclic) bond motifs is 2. The molecule has 38 heavy (non-hydrogen) atoms. The van der Waals surface area contributed by atoms with E-state index >= 15 is 0 Å². The zero-order valence-electron chi connectivity index (χ0n) is 20.8. The van der Waals surface area contributed by atoms with Gasteiger partial charge in [0.25, 0.3) is 0 Å². The zero-order chi connectivity index (χ0) is 27.0. The fourth-order valence-corrected chi connectivity index (χ4v) is 4.72. The number of hydrogen-bond donors (Lipinski definition) is 3. The molecule has 0 aliphatic carbocycles. The van der Waals surface area contributed by atoms with Crippen LogP contribution in [-0.4, -0.2) is 28.1 Å². The van der Waals surface area contributed by atoms with Gasteiger partial charge in [0.05, 0.1) is 18.2 Å². The summed E-state index contributed by atoms with van der Waals surface area (Å²) in [7, 11) is 0. The minimum atomic E-state index is -1.21. The molecule has 5 rings (SSSR count). The molecule has 0 aliphatic heterocycles. The van der Waals surface area contributed by atoms with Gasteiger partial charge >= 0.3 is 11.6 Å². The molecule has 1 amide bonds. The summed E-state index contributed by atoms with van der Waals surface area (Å²) in [6.07, 6.45) is 1.36. The second-order valence-corrected chi connectivity index (χ2v) is 9.27. The minimum absolute atomic E-state index is 0.0204. The Balaban J connectivity index is 1.48. The molecular formula is C30H25NO7. The normalized spacial score (nSPS) is 12.1. The zero-order valence-corrected chi connectivity index (χ0v) is 20.8. The lowest BCUT2D eigenvalue weighted by Gasteiger charge is -2.15. The average Bonchev–Trinajstić information content (AvgIpc) is 3.33. The van der Waals surface area contributed by atoms with E-state index in [9.17, 15) is 24.6 Å². The molecule has 0 saturated heterocycles. The van der Waals surface area contributed by atoms with E-state index in [0.29, 0.717) is 33.2 Å². The number of aliphatic carboxylic acids is 1. The van der Waals surface area contributed by atoms with E-state index in [1.165, 1.54) is 12.1 Å². The first-order valence-electron chi connectivity index (χ1n) is 12.1. The molecule has 0 spiro atoms. The van der Waals surface area contributed by atoms with E-state index < -0.39 is 23.5 Å². The van der Waals surface area contributed by atoms with Crippen molar-refractivity contribution >= 4 is 33.8 Å². The van der Waals surface area contributed by atoms with Gasteiger partial charge in [0.2, 0.25) is 5.91 Å². The number of carbonyl (C=O) groups is 2. The highest BCUT2D eigenvalue weighted by Gasteiger charge is 2.24. The van der Waals surface area contributed by atoms with Gasteiger partial charge < -0.3 is 24.4 Å². The molecule has 0 radical (unpaired) electrons. The number of phenolic OH excluding ortho intramolecular Hbond substituents is 1. The van der Waals surface area contributed by atoms with Crippen LogP contribution in [0.2, 0.25) is 0 Å². The molecule has 2 heterocycles. The molecule has 8 nitrogen and oxygen atoms in total. The molecule has 8 heteroatoms. The van der Waals surface area contributed by atoms with Crippen molar-refractivity contribution in [2.45, 2.75) is 32.7 Å². The Hall–Kier alpha value is -4.85. The quantitative estimate of drug-likeness (QED) is 0.265.